The SMILES string of the molecule is O=C(O)C1Cc2cc(F)c([N+](=O)[O-])cc2CN1. The number of nitrogens with one attached hydrogen (secondary N) is 1. The predicted molar refractivity (Wildman–Crippen MR) is 55.0 cm³/mol. The van der Waals surface area contributed by atoms with Crippen molar-refractivity contribution in [2.75, 3.05) is 0 Å². The van der Waals surface area contributed by atoms with Gasteiger partial charge in [0.25, 0.3) is 0 Å². The first-order valence-electron chi connectivity index (χ1n) is 4.91. The van der Waals surface area contributed by atoms with E-state index < -0.39 is 28.4 Å². The first kappa shape index (κ1) is 11.5. The molecule has 1 aliphatic heterocycles. The normalized spacial score (nSPS) is 18.5. The van der Waals surface area contributed by atoms with Crippen LogP contribution in [0.15, 0.2) is 12.1 Å². The highest BCUT2D eigenvalue weighted by Crippen LogP contribution is 2.25. The van der Waals surface area contributed by atoms with Gasteiger partial charge in [-0.15, -0.1) is 0 Å². The minimum Gasteiger partial charge on any atom is -0.480 e. The topological polar surface area (TPSA) is 92.5 Å². The number of fused-ring (bicyclic) bond motifs is 1. The van der Waals surface area contributed by atoms with Gasteiger partial charge in [-0.25, -0.2) is 0 Å². The van der Waals surface area contributed by atoms with Gasteiger partial charge in [0.2, 0.25) is 5.82 Å². The molecule has 1 aromatic rings. The maximum Gasteiger partial charge on any atom is 0.321 e. The standard InChI is InChI=1S/C10H9FN2O4/c11-7-1-5-2-8(10(14)15)12-4-6(5)3-9(7)13(16)17/h1,3,8,12H,2,4H2,(H,14,15). The van der Waals surface area contributed by atoms with Crippen LogP contribution in [-0.4, -0.2) is 22.0 Å². The van der Waals surface area contributed by atoms with Crippen molar-refractivity contribution >= 4 is 11.7 Å². The average Bonchev–Trinajstić information content (AvgIpc) is 2.26. The average molecular weight is 240 g/mol. The second-order valence-corrected chi connectivity index (χ2v) is 3.81. The number of nitro benzene ring substituents is 1. The van der Waals surface area contributed by atoms with Crippen molar-refractivity contribution in [3.8, 4) is 0 Å². The molecule has 0 bridgehead atoms. The van der Waals surface area contributed by atoms with E-state index in [1.165, 1.54) is 0 Å². The number of nitro groups is 1. The lowest BCUT2D eigenvalue weighted by molar-refractivity contribution is -0.387. The number of halogens is 1. The Morgan fingerprint density at radius 2 is 2.24 bits per heavy atom. The number of carbonyl (C=O) groups is 1. The van der Waals surface area contributed by atoms with Crippen LogP contribution < -0.4 is 5.32 Å². The van der Waals surface area contributed by atoms with E-state index in [0.717, 1.165) is 12.1 Å². The Bertz CT molecular complexity index is 503. The van der Waals surface area contributed by atoms with Gasteiger partial charge in [-0.2, -0.15) is 4.39 Å². The molecule has 0 fully saturated rings. The van der Waals surface area contributed by atoms with Gasteiger partial charge in [-0.1, -0.05) is 0 Å². The monoisotopic (exact) mass is 240 g/mol. The summed E-state index contributed by atoms with van der Waals surface area (Å²) in [5.41, 5.74) is 0.481. The van der Waals surface area contributed by atoms with Gasteiger partial charge in [0, 0.05) is 12.6 Å². The van der Waals surface area contributed by atoms with Crippen molar-refractivity contribution in [2.24, 2.45) is 0 Å². The highest BCUT2D eigenvalue weighted by Gasteiger charge is 2.27. The zero-order chi connectivity index (χ0) is 12.6. The van der Waals surface area contributed by atoms with E-state index in [1.54, 1.807) is 0 Å². The van der Waals surface area contributed by atoms with Gasteiger partial charge in [-0.3, -0.25) is 14.9 Å². The first-order valence-corrected chi connectivity index (χ1v) is 4.91. The van der Waals surface area contributed by atoms with Crippen molar-refractivity contribution in [2.45, 2.75) is 19.0 Å². The number of carboxylic acids is 1. The molecule has 0 saturated carbocycles. The minimum absolute atomic E-state index is 0.125. The molecule has 7 heteroatoms. The quantitative estimate of drug-likeness (QED) is 0.590. The van der Waals surface area contributed by atoms with E-state index in [9.17, 15) is 19.3 Å². The van der Waals surface area contributed by atoms with Gasteiger partial charge in [0.1, 0.15) is 6.04 Å². The van der Waals surface area contributed by atoms with Crippen LogP contribution in [0.1, 0.15) is 11.1 Å². The molecule has 1 aliphatic rings. The first-order chi connectivity index (χ1) is 7.99. The van der Waals surface area contributed by atoms with Crippen LogP contribution in [-0.2, 0) is 17.8 Å². The van der Waals surface area contributed by atoms with E-state index in [4.69, 9.17) is 5.11 Å². The van der Waals surface area contributed by atoms with Crippen LogP contribution in [0.4, 0.5) is 10.1 Å². The third-order valence-corrected chi connectivity index (χ3v) is 2.73. The molecule has 0 spiro atoms. The molecule has 90 valence electrons. The van der Waals surface area contributed by atoms with E-state index >= 15 is 0 Å². The molecule has 2 rings (SSSR count). The lowest BCUT2D eigenvalue weighted by Gasteiger charge is -2.22. The summed E-state index contributed by atoms with van der Waals surface area (Å²) >= 11 is 0. The van der Waals surface area contributed by atoms with Crippen LogP contribution in [0.2, 0.25) is 0 Å². The molecule has 1 atom stereocenters. The van der Waals surface area contributed by atoms with Gasteiger partial charge in [-0.05, 0) is 23.6 Å². The Morgan fingerprint density at radius 1 is 1.53 bits per heavy atom. The van der Waals surface area contributed by atoms with Crippen LogP contribution in [0.3, 0.4) is 0 Å². The predicted octanol–water partition coefficient (Wildman–Crippen LogP) is 0.833. The highest BCUT2D eigenvalue weighted by molar-refractivity contribution is 5.74. The molecule has 17 heavy (non-hydrogen) atoms. The smallest absolute Gasteiger partial charge is 0.321 e. The maximum absolute atomic E-state index is 13.3. The fourth-order valence-electron chi connectivity index (χ4n) is 1.84. The summed E-state index contributed by atoms with van der Waals surface area (Å²) in [5.74, 6) is -1.95. The summed E-state index contributed by atoms with van der Waals surface area (Å²) < 4.78 is 13.3. The van der Waals surface area contributed by atoms with Crippen LogP contribution in [0.25, 0.3) is 0 Å². The number of hydrogen-bond acceptors (Lipinski definition) is 4. The zero-order valence-electron chi connectivity index (χ0n) is 8.64. The Balaban J connectivity index is 2.38. The van der Waals surface area contributed by atoms with Crippen molar-refractivity contribution < 1.29 is 19.2 Å². The Hall–Kier alpha value is -2.02. The maximum atomic E-state index is 13.3. The Kier molecular flexibility index (Phi) is 2.76. The van der Waals surface area contributed by atoms with Crippen LogP contribution >= 0.6 is 0 Å². The van der Waals surface area contributed by atoms with Gasteiger partial charge >= 0.3 is 11.7 Å². The van der Waals surface area contributed by atoms with Crippen LogP contribution in [0, 0.1) is 15.9 Å². The van der Waals surface area contributed by atoms with Crippen molar-refractivity contribution in [3.05, 3.63) is 39.2 Å². The zero-order valence-corrected chi connectivity index (χ0v) is 8.64. The van der Waals surface area contributed by atoms with Crippen LogP contribution in [0.5, 0.6) is 0 Å². The van der Waals surface area contributed by atoms with E-state index in [2.05, 4.69) is 5.32 Å². The molecule has 0 amide bonds. The summed E-state index contributed by atoms with van der Waals surface area (Å²) in [6.07, 6.45) is 0.125. The third-order valence-electron chi connectivity index (χ3n) is 2.73. The number of carboxylic acid groups (broad SMARTS) is 1. The van der Waals surface area contributed by atoms with Crippen molar-refractivity contribution in [1.82, 2.24) is 5.32 Å². The number of hydrogen-bond donors (Lipinski definition) is 2. The molecule has 6 nitrogen and oxygen atoms in total. The molecule has 2 N–H and O–H groups in total. The number of nitrogens with zero attached hydrogens (tertiary/aromatic N) is 1. The molecular formula is C10H9FN2O4. The second kappa shape index (κ2) is 4.10. The molecule has 1 heterocycles. The molecule has 0 radical (unpaired) electrons. The number of aliphatic carboxylic acids is 1. The Labute approximate surface area is 95.2 Å². The third kappa shape index (κ3) is 2.09. The molecular weight excluding hydrogens is 231 g/mol. The van der Waals surface area contributed by atoms with E-state index in [-0.39, 0.29) is 13.0 Å². The Morgan fingerprint density at radius 3 is 2.82 bits per heavy atom. The van der Waals surface area contributed by atoms with E-state index in [1.807, 2.05) is 0 Å². The molecule has 1 aromatic carbocycles. The molecule has 0 aromatic heterocycles. The minimum atomic E-state index is -1.02. The fraction of sp³-hybridized carbons (Fsp3) is 0.300. The summed E-state index contributed by atoms with van der Waals surface area (Å²) in [6.45, 7) is 0.188. The highest BCUT2D eigenvalue weighted by atomic mass is 19.1. The van der Waals surface area contributed by atoms with E-state index in [0.29, 0.717) is 11.1 Å². The van der Waals surface area contributed by atoms with Gasteiger partial charge in [0.15, 0.2) is 0 Å². The lowest BCUT2D eigenvalue weighted by Crippen LogP contribution is -2.41. The second-order valence-electron chi connectivity index (χ2n) is 3.81. The van der Waals surface area contributed by atoms with Crippen molar-refractivity contribution in [1.29, 1.82) is 0 Å². The van der Waals surface area contributed by atoms with Gasteiger partial charge in [0.05, 0.1) is 4.92 Å². The van der Waals surface area contributed by atoms with Gasteiger partial charge < -0.3 is 10.4 Å². The summed E-state index contributed by atoms with van der Waals surface area (Å²) in [6, 6.07) is 1.42. The summed E-state index contributed by atoms with van der Waals surface area (Å²) in [7, 11) is 0. The lowest BCUT2D eigenvalue weighted by atomic mass is 9.95. The molecule has 0 saturated heterocycles. The number of rotatable bonds is 2. The largest absolute Gasteiger partial charge is 0.480 e. The number of benzene rings is 1. The summed E-state index contributed by atoms with van der Waals surface area (Å²) in [4.78, 5) is 20.5. The molecule has 0 aliphatic carbocycles. The molecule has 1 unspecified atom stereocenters. The van der Waals surface area contributed by atoms with Crippen molar-refractivity contribution in [3.63, 3.8) is 0 Å². The fourth-order valence-corrected chi connectivity index (χ4v) is 1.84. The summed E-state index contributed by atoms with van der Waals surface area (Å²) in [5, 5.41) is 22.1.